The average molecular weight is 499 g/mol. The van der Waals surface area contributed by atoms with Crippen LogP contribution in [-0.4, -0.2) is 40.4 Å². The Kier molecular flexibility index (Phi) is 6.51. The molecule has 1 unspecified atom stereocenters. The van der Waals surface area contributed by atoms with E-state index in [1.165, 1.54) is 7.11 Å². The molecule has 1 aliphatic rings. The van der Waals surface area contributed by atoms with Crippen molar-refractivity contribution in [1.29, 1.82) is 0 Å². The zero-order valence-corrected chi connectivity index (χ0v) is 20.6. The number of ether oxygens (including phenoxy) is 2. The predicted molar refractivity (Wildman–Crippen MR) is 137 cm³/mol. The number of phenolic OH excluding ortho intramolecular Hbond substituents is 1. The Hall–Kier alpha value is -4.79. The van der Waals surface area contributed by atoms with E-state index in [-0.39, 0.29) is 17.7 Å². The Labute approximate surface area is 214 Å². The van der Waals surface area contributed by atoms with Gasteiger partial charge in [-0.1, -0.05) is 53.7 Å². The number of nitrogens with one attached hydrogen (secondary N) is 1. The molecule has 5 rings (SSSR count). The lowest BCUT2D eigenvalue weighted by Gasteiger charge is -2.35. The quantitative estimate of drug-likeness (QED) is 0.362. The summed E-state index contributed by atoms with van der Waals surface area (Å²) in [6.07, 6.45) is 0. The number of aromatic hydroxyl groups is 1. The van der Waals surface area contributed by atoms with Crippen molar-refractivity contribution in [3.8, 4) is 28.6 Å². The Bertz CT molecular complexity index is 1460. The number of hydrogen-bond donors (Lipinski definition) is 2. The van der Waals surface area contributed by atoms with Gasteiger partial charge in [-0.2, -0.15) is 4.98 Å². The van der Waals surface area contributed by atoms with Gasteiger partial charge in [0.15, 0.2) is 11.5 Å². The maximum atomic E-state index is 13.4. The molecule has 37 heavy (non-hydrogen) atoms. The molecule has 0 saturated carbocycles. The van der Waals surface area contributed by atoms with Crippen LogP contribution in [0.15, 0.2) is 83.0 Å². The van der Waals surface area contributed by atoms with E-state index >= 15 is 0 Å². The molecule has 1 aliphatic heterocycles. The maximum absolute atomic E-state index is 13.4. The van der Waals surface area contributed by atoms with Gasteiger partial charge in [-0.15, -0.1) is 0 Å². The molecule has 9 heteroatoms. The Morgan fingerprint density at radius 1 is 1.03 bits per heavy atom. The summed E-state index contributed by atoms with van der Waals surface area (Å²) < 4.78 is 16.2. The smallest absolute Gasteiger partial charge is 0.322 e. The van der Waals surface area contributed by atoms with E-state index in [2.05, 4.69) is 15.5 Å². The van der Waals surface area contributed by atoms with E-state index in [1.54, 1.807) is 30.2 Å². The highest BCUT2D eigenvalue weighted by Crippen LogP contribution is 2.40. The number of rotatable bonds is 7. The summed E-state index contributed by atoms with van der Waals surface area (Å²) >= 11 is 0. The molecular formula is C28H26N4O5. The molecule has 1 aromatic heterocycles. The summed E-state index contributed by atoms with van der Waals surface area (Å²) in [6, 6.07) is 21.1. The minimum atomic E-state index is -0.644. The van der Waals surface area contributed by atoms with Crippen molar-refractivity contribution in [2.45, 2.75) is 19.5 Å². The average Bonchev–Trinajstić information content (AvgIpc) is 3.41. The van der Waals surface area contributed by atoms with E-state index in [9.17, 15) is 9.90 Å². The first-order chi connectivity index (χ1) is 18.0. The summed E-state index contributed by atoms with van der Waals surface area (Å²) in [6.45, 7) is 2.15. The van der Waals surface area contributed by atoms with Gasteiger partial charge in [0, 0.05) is 11.3 Å². The van der Waals surface area contributed by atoms with Crippen molar-refractivity contribution < 1.29 is 23.9 Å². The lowest BCUT2D eigenvalue weighted by Crippen LogP contribution is -2.45. The minimum Gasteiger partial charge on any atom is -0.504 e. The molecule has 4 aromatic rings. The van der Waals surface area contributed by atoms with E-state index < -0.39 is 6.04 Å². The minimum absolute atomic E-state index is 0.0411. The number of urea groups is 1. The molecule has 0 fully saturated rings. The number of hydrogen-bond acceptors (Lipinski definition) is 7. The van der Waals surface area contributed by atoms with Gasteiger partial charge in [0.05, 0.1) is 32.4 Å². The number of nitrogens with zero attached hydrogens (tertiary/aromatic N) is 3. The van der Waals surface area contributed by atoms with Gasteiger partial charge < -0.3 is 24.4 Å². The standard InChI is InChI=1S/C28H26N4O5/c1-17-24(27-30-26(31-37-27)19-9-5-4-6-10-19)25(20-12-13-23(36-3)22(33)15-20)29-28(34)32(17)16-18-8-7-11-21(14-18)35-2/h4-15,25,33H,16H2,1-3H3,(H,29,34). The Balaban J connectivity index is 1.60. The first-order valence-corrected chi connectivity index (χ1v) is 11.7. The number of carbonyl (C=O) groups is 1. The van der Waals surface area contributed by atoms with Crippen molar-refractivity contribution in [3.05, 3.63) is 95.5 Å². The normalized spacial score (nSPS) is 15.5. The third-order valence-electron chi connectivity index (χ3n) is 6.30. The van der Waals surface area contributed by atoms with Crippen molar-refractivity contribution in [1.82, 2.24) is 20.4 Å². The predicted octanol–water partition coefficient (Wildman–Crippen LogP) is 5.16. The lowest BCUT2D eigenvalue weighted by atomic mass is 9.94. The Morgan fingerprint density at radius 2 is 1.84 bits per heavy atom. The monoisotopic (exact) mass is 498 g/mol. The van der Waals surface area contributed by atoms with Crippen molar-refractivity contribution >= 4 is 11.6 Å². The highest BCUT2D eigenvalue weighted by molar-refractivity contribution is 5.87. The van der Waals surface area contributed by atoms with Crippen molar-refractivity contribution in [2.75, 3.05) is 14.2 Å². The number of amides is 2. The summed E-state index contributed by atoms with van der Waals surface area (Å²) in [5, 5.41) is 17.7. The first kappa shape index (κ1) is 23.9. The number of benzene rings is 3. The van der Waals surface area contributed by atoms with Crippen LogP contribution in [0.4, 0.5) is 4.79 Å². The SMILES string of the molecule is COc1cccc(CN2C(=O)NC(c3ccc(OC)c(O)c3)C(c3nc(-c4ccccc4)no3)=C2C)c1. The summed E-state index contributed by atoms with van der Waals surface area (Å²) in [5.74, 6) is 1.70. The first-order valence-electron chi connectivity index (χ1n) is 11.7. The fraction of sp³-hybridized carbons (Fsp3) is 0.179. The number of allylic oxidation sites excluding steroid dienone is 1. The number of methoxy groups -OCH3 is 2. The molecule has 188 valence electrons. The van der Waals surface area contributed by atoms with Crippen LogP contribution in [0.5, 0.6) is 17.2 Å². The van der Waals surface area contributed by atoms with Gasteiger partial charge in [0.2, 0.25) is 5.82 Å². The summed E-state index contributed by atoms with van der Waals surface area (Å²) in [4.78, 5) is 19.6. The van der Waals surface area contributed by atoms with Crippen LogP contribution >= 0.6 is 0 Å². The molecule has 2 amide bonds. The van der Waals surface area contributed by atoms with Gasteiger partial charge >= 0.3 is 6.03 Å². The third kappa shape index (κ3) is 4.71. The van der Waals surface area contributed by atoms with Crippen LogP contribution in [0.25, 0.3) is 17.0 Å². The Morgan fingerprint density at radius 3 is 2.57 bits per heavy atom. The number of aromatic nitrogens is 2. The van der Waals surface area contributed by atoms with Crippen LogP contribution in [0.3, 0.4) is 0 Å². The molecule has 0 aliphatic carbocycles. The van der Waals surface area contributed by atoms with Crippen LogP contribution in [0.2, 0.25) is 0 Å². The maximum Gasteiger partial charge on any atom is 0.322 e. The second-order valence-electron chi connectivity index (χ2n) is 8.54. The largest absolute Gasteiger partial charge is 0.504 e. The van der Waals surface area contributed by atoms with E-state index in [4.69, 9.17) is 14.0 Å². The van der Waals surface area contributed by atoms with Crippen molar-refractivity contribution in [3.63, 3.8) is 0 Å². The highest BCUT2D eigenvalue weighted by Gasteiger charge is 2.36. The molecule has 0 saturated heterocycles. The van der Waals surface area contributed by atoms with Crippen molar-refractivity contribution in [2.24, 2.45) is 0 Å². The highest BCUT2D eigenvalue weighted by atomic mass is 16.5. The number of phenols is 1. The van der Waals surface area contributed by atoms with Crippen LogP contribution in [0, 0.1) is 0 Å². The second kappa shape index (κ2) is 10.1. The van der Waals surface area contributed by atoms with Crippen LogP contribution in [0.1, 0.15) is 30.0 Å². The molecule has 3 aromatic carbocycles. The van der Waals surface area contributed by atoms with E-state index in [0.717, 1.165) is 11.1 Å². The van der Waals surface area contributed by atoms with Gasteiger partial charge in [0.1, 0.15) is 5.75 Å². The fourth-order valence-electron chi connectivity index (χ4n) is 4.38. The van der Waals surface area contributed by atoms with Crippen LogP contribution < -0.4 is 14.8 Å². The summed E-state index contributed by atoms with van der Waals surface area (Å²) in [5.41, 5.74) is 3.62. The molecule has 0 spiro atoms. The van der Waals surface area contributed by atoms with E-state index in [1.807, 2.05) is 61.5 Å². The second-order valence-corrected chi connectivity index (χ2v) is 8.54. The molecule has 0 bridgehead atoms. The van der Waals surface area contributed by atoms with Gasteiger partial charge in [-0.05, 0) is 42.3 Å². The molecule has 2 N–H and O–H groups in total. The third-order valence-corrected chi connectivity index (χ3v) is 6.30. The molecule has 9 nitrogen and oxygen atoms in total. The molecule has 2 heterocycles. The zero-order chi connectivity index (χ0) is 25.9. The van der Waals surface area contributed by atoms with E-state index in [0.29, 0.717) is 40.7 Å². The number of carbonyl (C=O) groups excluding carboxylic acids is 1. The molecular weight excluding hydrogens is 472 g/mol. The lowest BCUT2D eigenvalue weighted by molar-refractivity contribution is 0.203. The molecule has 1 atom stereocenters. The fourth-order valence-corrected chi connectivity index (χ4v) is 4.38. The topological polar surface area (TPSA) is 110 Å². The summed E-state index contributed by atoms with van der Waals surface area (Å²) in [7, 11) is 3.08. The molecule has 0 radical (unpaired) electrons. The van der Waals surface area contributed by atoms with Gasteiger partial charge in [-0.25, -0.2) is 4.79 Å². The zero-order valence-electron chi connectivity index (χ0n) is 20.6. The van der Waals surface area contributed by atoms with Gasteiger partial charge in [-0.3, -0.25) is 4.90 Å². The van der Waals surface area contributed by atoms with Crippen LogP contribution in [-0.2, 0) is 6.54 Å². The van der Waals surface area contributed by atoms with Gasteiger partial charge in [0.25, 0.3) is 5.89 Å².